The van der Waals surface area contributed by atoms with Crippen LogP contribution < -0.4 is 10.2 Å². The molecule has 0 amide bonds. The van der Waals surface area contributed by atoms with Gasteiger partial charge >= 0.3 is 0 Å². The summed E-state index contributed by atoms with van der Waals surface area (Å²) in [5, 5.41) is 3.55. The van der Waals surface area contributed by atoms with E-state index in [4.69, 9.17) is 0 Å². The molecule has 2 atom stereocenters. The van der Waals surface area contributed by atoms with Gasteiger partial charge in [0.25, 0.3) is 0 Å². The first-order valence-electron chi connectivity index (χ1n) is 8.00. The van der Waals surface area contributed by atoms with Gasteiger partial charge in [-0.25, -0.2) is 0 Å². The van der Waals surface area contributed by atoms with Crippen LogP contribution >= 0.6 is 0 Å². The van der Waals surface area contributed by atoms with Crippen molar-refractivity contribution in [3.05, 3.63) is 59.7 Å². The van der Waals surface area contributed by atoms with Crippen LogP contribution in [0.3, 0.4) is 0 Å². The number of benzene rings is 2. The third-order valence-electron chi connectivity index (χ3n) is 5.02. The van der Waals surface area contributed by atoms with Gasteiger partial charge in [0.15, 0.2) is 0 Å². The predicted octanol–water partition coefficient (Wildman–Crippen LogP) is 4.04. The van der Waals surface area contributed by atoms with Crippen LogP contribution in [-0.2, 0) is 6.42 Å². The molecule has 2 heteroatoms. The van der Waals surface area contributed by atoms with Crippen LogP contribution in [0.5, 0.6) is 0 Å². The molecule has 0 aromatic heterocycles. The average molecular weight is 278 g/mol. The van der Waals surface area contributed by atoms with Crippen LogP contribution in [0.15, 0.2) is 48.5 Å². The van der Waals surface area contributed by atoms with Crippen molar-refractivity contribution in [3.8, 4) is 0 Å². The van der Waals surface area contributed by atoms with Crippen LogP contribution in [0.25, 0.3) is 0 Å². The largest absolute Gasteiger partial charge is 0.384 e. The maximum atomic E-state index is 3.55. The molecule has 0 radical (unpaired) electrons. The smallest absolute Gasteiger partial charge is 0.0401 e. The van der Waals surface area contributed by atoms with Gasteiger partial charge in [-0.05, 0) is 43.0 Å². The molecule has 2 aliphatic rings. The summed E-state index contributed by atoms with van der Waals surface area (Å²) in [6, 6.07) is 18.3. The molecule has 2 aliphatic heterocycles. The summed E-state index contributed by atoms with van der Waals surface area (Å²) in [5.74, 6) is 0.592. The molecule has 0 fully saturated rings. The first-order chi connectivity index (χ1) is 10.3. The summed E-state index contributed by atoms with van der Waals surface area (Å²) in [6.07, 6.45) is 2.48. The predicted molar refractivity (Wildman–Crippen MR) is 89.2 cm³/mol. The number of fused-ring (bicyclic) bond motifs is 2. The van der Waals surface area contributed by atoms with Crippen molar-refractivity contribution in [2.45, 2.75) is 31.7 Å². The van der Waals surface area contributed by atoms with E-state index in [1.54, 1.807) is 0 Å². The first kappa shape index (κ1) is 12.8. The van der Waals surface area contributed by atoms with Gasteiger partial charge in [0.2, 0.25) is 0 Å². The normalized spacial score (nSPS) is 23.4. The van der Waals surface area contributed by atoms with Gasteiger partial charge < -0.3 is 10.2 Å². The number of nitrogens with zero attached hydrogens (tertiary/aromatic N) is 1. The highest BCUT2D eigenvalue weighted by Crippen LogP contribution is 2.36. The lowest BCUT2D eigenvalue weighted by Crippen LogP contribution is -2.40. The maximum absolute atomic E-state index is 3.55. The molecule has 2 aromatic carbocycles. The zero-order valence-corrected chi connectivity index (χ0v) is 12.5. The Hall–Kier alpha value is -1.96. The van der Waals surface area contributed by atoms with E-state index in [1.807, 2.05) is 0 Å². The second-order valence-electron chi connectivity index (χ2n) is 6.33. The van der Waals surface area contributed by atoms with E-state index in [-0.39, 0.29) is 0 Å². The van der Waals surface area contributed by atoms with Crippen molar-refractivity contribution < 1.29 is 0 Å². The van der Waals surface area contributed by atoms with Gasteiger partial charge in [-0.3, -0.25) is 0 Å². The lowest BCUT2D eigenvalue weighted by Gasteiger charge is -2.38. The van der Waals surface area contributed by atoms with Crippen molar-refractivity contribution in [3.63, 3.8) is 0 Å². The summed E-state index contributed by atoms with van der Waals surface area (Å²) in [4.78, 5) is 2.62. The summed E-state index contributed by atoms with van der Waals surface area (Å²) < 4.78 is 0. The molecule has 108 valence electrons. The number of para-hydroxylation sites is 2. The second kappa shape index (κ2) is 5.10. The zero-order chi connectivity index (χ0) is 14.2. The lowest BCUT2D eigenvalue weighted by molar-refractivity contribution is 0.538. The SMILES string of the molecule is CC1CCc2ccccc2N1CC1CNc2ccccc21. The van der Waals surface area contributed by atoms with E-state index in [9.17, 15) is 0 Å². The Labute approximate surface area is 126 Å². The summed E-state index contributed by atoms with van der Waals surface area (Å²) in [6.45, 7) is 4.54. The number of nitrogens with one attached hydrogen (secondary N) is 1. The van der Waals surface area contributed by atoms with Crippen LogP contribution in [0, 0.1) is 0 Å². The molecule has 0 bridgehead atoms. The Morgan fingerprint density at radius 3 is 2.86 bits per heavy atom. The van der Waals surface area contributed by atoms with Crippen LogP contribution in [-0.4, -0.2) is 19.1 Å². The molecular weight excluding hydrogens is 256 g/mol. The van der Waals surface area contributed by atoms with E-state index in [2.05, 4.69) is 65.7 Å². The van der Waals surface area contributed by atoms with Crippen LogP contribution in [0.4, 0.5) is 11.4 Å². The molecule has 4 rings (SSSR count). The van der Waals surface area contributed by atoms with Crippen molar-refractivity contribution in [2.24, 2.45) is 0 Å². The lowest BCUT2D eigenvalue weighted by atomic mass is 9.93. The zero-order valence-electron chi connectivity index (χ0n) is 12.5. The molecule has 0 aliphatic carbocycles. The second-order valence-corrected chi connectivity index (χ2v) is 6.33. The molecule has 2 aromatic rings. The summed E-state index contributed by atoms with van der Waals surface area (Å²) in [5.41, 5.74) is 5.75. The summed E-state index contributed by atoms with van der Waals surface area (Å²) >= 11 is 0. The van der Waals surface area contributed by atoms with Gasteiger partial charge in [0, 0.05) is 36.4 Å². The fourth-order valence-corrected chi connectivity index (χ4v) is 3.80. The minimum Gasteiger partial charge on any atom is -0.384 e. The van der Waals surface area contributed by atoms with Gasteiger partial charge in [-0.15, -0.1) is 0 Å². The van der Waals surface area contributed by atoms with Crippen LogP contribution in [0.1, 0.15) is 30.4 Å². The number of hydrogen-bond donors (Lipinski definition) is 1. The molecule has 0 spiro atoms. The number of aryl methyl sites for hydroxylation is 1. The molecule has 21 heavy (non-hydrogen) atoms. The third kappa shape index (κ3) is 2.19. The molecule has 2 unspecified atom stereocenters. The average Bonchev–Trinajstić information content (AvgIpc) is 2.93. The van der Waals surface area contributed by atoms with Gasteiger partial charge in [-0.1, -0.05) is 36.4 Å². The number of hydrogen-bond acceptors (Lipinski definition) is 2. The standard InChI is InChI=1S/C19H22N2/c1-14-10-11-15-6-2-5-9-19(15)21(14)13-16-12-20-18-8-4-3-7-17(16)18/h2-9,14,16,20H,10-13H2,1H3. The van der Waals surface area contributed by atoms with E-state index >= 15 is 0 Å². The van der Waals surface area contributed by atoms with Gasteiger partial charge in [-0.2, -0.15) is 0 Å². The topological polar surface area (TPSA) is 15.3 Å². The highest BCUT2D eigenvalue weighted by atomic mass is 15.2. The van der Waals surface area contributed by atoms with E-state index in [0.717, 1.165) is 13.1 Å². The molecule has 2 heterocycles. The maximum Gasteiger partial charge on any atom is 0.0401 e. The van der Waals surface area contributed by atoms with Gasteiger partial charge in [0.05, 0.1) is 0 Å². The molecular formula is C19H22N2. The fourth-order valence-electron chi connectivity index (χ4n) is 3.80. The van der Waals surface area contributed by atoms with Crippen molar-refractivity contribution >= 4 is 11.4 Å². The van der Waals surface area contributed by atoms with E-state index in [0.29, 0.717) is 12.0 Å². The minimum atomic E-state index is 0.592. The Kier molecular flexibility index (Phi) is 3.10. The first-order valence-corrected chi connectivity index (χ1v) is 8.00. The molecule has 0 saturated heterocycles. The van der Waals surface area contributed by atoms with Gasteiger partial charge in [0.1, 0.15) is 0 Å². The quantitative estimate of drug-likeness (QED) is 0.892. The van der Waals surface area contributed by atoms with E-state index in [1.165, 1.54) is 35.3 Å². The molecule has 2 nitrogen and oxygen atoms in total. The highest BCUT2D eigenvalue weighted by Gasteiger charge is 2.28. The van der Waals surface area contributed by atoms with Crippen LogP contribution in [0.2, 0.25) is 0 Å². The van der Waals surface area contributed by atoms with Crippen molar-refractivity contribution in [1.29, 1.82) is 0 Å². The van der Waals surface area contributed by atoms with E-state index < -0.39 is 0 Å². The van der Waals surface area contributed by atoms with Crippen molar-refractivity contribution in [1.82, 2.24) is 0 Å². The number of anilines is 2. The highest BCUT2D eigenvalue weighted by molar-refractivity contribution is 5.60. The Morgan fingerprint density at radius 2 is 1.90 bits per heavy atom. The molecule has 1 N–H and O–H groups in total. The van der Waals surface area contributed by atoms with Crippen molar-refractivity contribution in [2.75, 3.05) is 23.3 Å². The third-order valence-corrected chi connectivity index (χ3v) is 5.02. The Bertz CT molecular complexity index is 650. The monoisotopic (exact) mass is 278 g/mol. The number of rotatable bonds is 2. The minimum absolute atomic E-state index is 0.592. The fraction of sp³-hybridized carbons (Fsp3) is 0.368. The Morgan fingerprint density at radius 1 is 1.10 bits per heavy atom. The summed E-state index contributed by atoms with van der Waals surface area (Å²) in [7, 11) is 0. The Balaban J connectivity index is 1.63. The molecule has 0 saturated carbocycles.